The molecule has 0 heterocycles. The van der Waals surface area contributed by atoms with Gasteiger partial charge < -0.3 is 9.69 Å². The van der Waals surface area contributed by atoms with E-state index in [2.05, 4.69) is 0 Å². The van der Waals surface area contributed by atoms with Crippen LogP contribution in [-0.4, -0.2) is 31.8 Å². The second-order valence-corrected chi connectivity index (χ2v) is 2.25. The third-order valence-corrected chi connectivity index (χ3v) is 0. The smallest absolute Gasteiger partial charge is 0.126 e. The second kappa shape index (κ2) is 6.63. The molecule has 0 aromatic heterocycles. The van der Waals surface area contributed by atoms with Crippen molar-refractivity contribution in [3.05, 3.63) is 0 Å². The molecule has 0 radical (unpaired) electrons. The van der Waals surface area contributed by atoms with Crippen molar-refractivity contribution in [1.82, 2.24) is 4.90 Å². The monoisotopic (exact) mass is 117 g/mol. The highest BCUT2D eigenvalue weighted by molar-refractivity contribution is 5.72. The largest absolute Gasteiger partial charge is 0.312 e. The zero-order valence-electron chi connectivity index (χ0n) is 6.36. The maximum Gasteiger partial charge on any atom is 0.126 e. The Morgan fingerprint density at radius 3 is 1.12 bits per heavy atom. The summed E-state index contributed by atoms with van der Waals surface area (Å²) in [5, 5.41) is 0. The van der Waals surface area contributed by atoms with E-state index in [1.807, 2.05) is 26.0 Å². The molecular formula is C6H15NO. The second-order valence-electron chi connectivity index (χ2n) is 2.25. The average Bonchev–Trinajstić information content (AvgIpc) is 1.25. The lowest BCUT2D eigenvalue weighted by molar-refractivity contribution is -0.114. The van der Waals surface area contributed by atoms with Crippen LogP contribution in [0.15, 0.2) is 0 Å². The van der Waals surface area contributed by atoms with Crippen molar-refractivity contribution in [1.29, 1.82) is 0 Å². The zero-order chi connectivity index (χ0) is 7.15. The maximum absolute atomic E-state index is 9.44. The summed E-state index contributed by atoms with van der Waals surface area (Å²) in [6.07, 6.45) is 0. The summed E-state index contributed by atoms with van der Waals surface area (Å²) in [7, 11) is 6.00. The van der Waals surface area contributed by atoms with Gasteiger partial charge in [-0.05, 0) is 35.0 Å². The lowest BCUT2D eigenvalue weighted by Gasteiger charge is -1.90. The van der Waals surface area contributed by atoms with Gasteiger partial charge in [0.2, 0.25) is 0 Å². The standard InChI is InChI=1S/C3H9N.C3H6O/c1-4(2)3;1-3(2)4/h1-3H3;1-2H3. The van der Waals surface area contributed by atoms with E-state index in [1.165, 1.54) is 13.8 Å². The van der Waals surface area contributed by atoms with Crippen LogP contribution in [0.2, 0.25) is 0 Å². The minimum atomic E-state index is 0.167. The van der Waals surface area contributed by atoms with Crippen LogP contribution in [0.1, 0.15) is 13.8 Å². The van der Waals surface area contributed by atoms with Crippen LogP contribution in [0.3, 0.4) is 0 Å². The van der Waals surface area contributed by atoms with Crippen LogP contribution < -0.4 is 0 Å². The van der Waals surface area contributed by atoms with Gasteiger partial charge >= 0.3 is 0 Å². The molecule has 0 N–H and O–H groups in total. The molecule has 0 saturated heterocycles. The number of carbonyl (C=O) groups is 1. The molecule has 0 aliphatic rings. The first-order valence-electron chi connectivity index (χ1n) is 2.55. The van der Waals surface area contributed by atoms with Gasteiger partial charge in [-0.2, -0.15) is 0 Å². The van der Waals surface area contributed by atoms with Gasteiger partial charge in [0.25, 0.3) is 0 Å². The minimum absolute atomic E-state index is 0.167. The number of hydrogen-bond acceptors (Lipinski definition) is 2. The number of Topliss-reactive ketones (excluding diaryl/α,β-unsaturated/α-hetero) is 1. The van der Waals surface area contributed by atoms with Gasteiger partial charge in [0.15, 0.2) is 0 Å². The molecule has 0 saturated carbocycles. The predicted molar refractivity (Wildman–Crippen MR) is 36.0 cm³/mol. The molecule has 0 aromatic rings. The summed E-state index contributed by atoms with van der Waals surface area (Å²) in [5.41, 5.74) is 0. The molecule has 0 aliphatic carbocycles. The third-order valence-electron chi connectivity index (χ3n) is 0. The Kier molecular flexibility index (Phi) is 8.77. The zero-order valence-corrected chi connectivity index (χ0v) is 6.36. The Labute approximate surface area is 51.5 Å². The quantitative estimate of drug-likeness (QED) is 0.467. The fourth-order valence-corrected chi connectivity index (χ4v) is 0. The first-order valence-corrected chi connectivity index (χ1v) is 2.55. The third kappa shape index (κ3) is 882. The molecule has 0 spiro atoms. The van der Waals surface area contributed by atoms with Gasteiger partial charge in [0.05, 0.1) is 0 Å². The van der Waals surface area contributed by atoms with E-state index in [-0.39, 0.29) is 5.78 Å². The first kappa shape index (κ1) is 10.6. The number of rotatable bonds is 0. The summed E-state index contributed by atoms with van der Waals surface area (Å²) in [6, 6.07) is 0. The van der Waals surface area contributed by atoms with Crippen molar-refractivity contribution in [2.45, 2.75) is 13.8 Å². The number of hydrogen-bond donors (Lipinski definition) is 0. The molecule has 0 bridgehead atoms. The number of carbonyl (C=O) groups excluding carboxylic acids is 1. The van der Waals surface area contributed by atoms with Crippen LogP contribution >= 0.6 is 0 Å². The fraction of sp³-hybridized carbons (Fsp3) is 0.833. The van der Waals surface area contributed by atoms with Crippen molar-refractivity contribution in [2.75, 3.05) is 21.1 Å². The fourth-order valence-electron chi connectivity index (χ4n) is 0. The number of ketones is 1. The van der Waals surface area contributed by atoms with Crippen LogP contribution in [-0.2, 0) is 4.79 Å². The summed E-state index contributed by atoms with van der Waals surface area (Å²) in [6.45, 7) is 3.06. The van der Waals surface area contributed by atoms with Crippen molar-refractivity contribution in [3.63, 3.8) is 0 Å². The minimum Gasteiger partial charge on any atom is -0.312 e. The van der Waals surface area contributed by atoms with E-state index >= 15 is 0 Å². The highest BCUT2D eigenvalue weighted by Gasteiger charge is 1.62. The normalized spacial score (nSPS) is 7.75. The van der Waals surface area contributed by atoms with E-state index in [0.29, 0.717) is 0 Å². The Balaban J connectivity index is 0. The van der Waals surface area contributed by atoms with E-state index < -0.39 is 0 Å². The SMILES string of the molecule is CC(C)=O.CN(C)C. The molecule has 0 atom stereocenters. The van der Waals surface area contributed by atoms with Gasteiger partial charge in [-0.1, -0.05) is 0 Å². The van der Waals surface area contributed by atoms with Crippen molar-refractivity contribution >= 4 is 5.78 Å². The van der Waals surface area contributed by atoms with Crippen molar-refractivity contribution < 1.29 is 4.79 Å². The lowest BCUT2D eigenvalue weighted by atomic mass is 10.6. The molecule has 50 valence electrons. The lowest BCUT2D eigenvalue weighted by Crippen LogP contribution is -1.99. The number of nitrogens with zero attached hydrogens (tertiary/aromatic N) is 1. The molecule has 0 aromatic carbocycles. The Morgan fingerprint density at radius 2 is 1.12 bits per heavy atom. The topological polar surface area (TPSA) is 20.3 Å². The van der Waals surface area contributed by atoms with Crippen molar-refractivity contribution in [3.8, 4) is 0 Å². The Bertz CT molecular complexity index is 52.8. The maximum atomic E-state index is 9.44. The highest BCUT2D eigenvalue weighted by atomic mass is 16.1. The average molecular weight is 117 g/mol. The highest BCUT2D eigenvalue weighted by Crippen LogP contribution is 1.50. The predicted octanol–water partition coefficient (Wildman–Crippen LogP) is 0.773. The molecule has 8 heavy (non-hydrogen) atoms. The molecule has 0 fully saturated rings. The van der Waals surface area contributed by atoms with Gasteiger partial charge in [0.1, 0.15) is 5.78 Å². The van der Waals surface area contributed by atoms with Gasteiger partial charge in [-0.25, -0.2) is 0 Å². The Hall–Kier alpha value is -0.370. The molecule has 0 unspecified atom stereocenters. The van der Waals surface area contributed by atoms with Crippen LogP contribution in [0.5, 0.6) is 0 Å². The van der Waals surface area contributed by atoms with Crippen LogP contribution in [0, 0.1) is 0 Å². The van der Waals surface area contributed by atoms with Crippen molar-refractivity contribution in [2.24, 2.45) is 0 Å². The molecule has 2 nitrogen and oxygen atoms in total. The van der Waals surface area contributed by atoms with Crippen LogP contribution in [0.4, 0.5) is 0 Å². The molecule has 0 rings (SSSR count). The van der Waals surface area contributed by atoms with Crippen LogP contribution in [0.25, 0.3) is 0 Å². The molecular weight excluding hydrogens is 102 g/mol. The first-order chi connectivity index (χ1) is 3.46. The van der Waals surface area contributed by atoms with Gasteiger partial charge in [0, 0.05) is 0 Å². The summed E-state index contributed by atoms with van der Waals surface area (Å²) in [4.78, 5) is 11.4. The van der Waals surface area contributed by atoms with E-state index in [1.54, 1.807) is 0 Å². The van der Waals surface area contributed by atoms with E-state index in [0.717, 1.165) is 0 Å². The van der Waals surface area contributed by atoms with E-state index in [9.17, 15) is 4.79 Å². The summed E-state index contributed by atoms with van der Waals surface area (Å²) in [5.74, 6) is 0.167. The summed E-state index contributed by atoms with van der Waals surface area (Å²) < 4.78 is 0. The van der Waals surface area contributed by atoms with Gasteiger partial charge in [-0.3, -0.25) is 0 Å². The Morgan fingerprint density at radius 1 is 1.12 bits per heavy atom. The molecule has 0 aliphatic heterocycles. The molecule has 2 heteroatoms. The van der Waals surface area contributed by atoms with E-state index in [4.69, 9.17) is 0 Å². The summed E-state index contributed by atoms with van der Waals surface area (Å²) >= 11 is 0. The van der Waals surface area contributed by atoms with Gasteiger partial charge in [-0.15, -0.1) is 0 Å². The molecule has 0 amide bonds.